The van der Waals surface area contributed by atoms with Gasteiger partial charge in [0.15, 0.2) is 16.3 Å². The molecule has 1 aromatic heterocycles. The zero-order chi connectivity index (χ0) is 33.8. The molecule has 48 heavy (non-hydrogen) atoms. The lowest BCUT2D eigenvalue weighted by molar-refractivity contribution is -0.138. The number of hydrogen-bond acceptors (Lipinski definition) is 8. The van der Waals surface area contributed by atoms with Crippen LogP contribution < -0.4 is 29.1 Å². The largest absolute Gasteiger partial charge is 0.497 e. The first kappa shape index (κ1) is 33.5. The summed E-state index contributed by atoms with van der Waals surface area (Å²) >= 11 is 9.60. The van der Waals surface area contributed by atoms with Gasteiger partial charge in [0.2, 0.25) is 0 Å². The maximum atomic E-state index is 14.3. The number of thiazole rings is 1. The van der Waals surface area contributed by atoms with Crippen LogP contribution in [0.2, 0.25) is 5.02 Å². The van der Waals surface area contributed by atoms with Gasteiger partial charge in [-0.15, -0.1) is 0 Å². The second-order valence-corrected chi connectivity index (χ2v) is 13.3. The zero-order valence-corrected chi connectivity index (χ0v) is 30.0. The third-order valence-corrected chi connectivity index (χ3v) is 9.65. The van der Waals surface area contributed by atoms with Crippen LogP contribution in [0, 0.1) is 3.57 Å². The number of benzene rings is 4. The monoisotopic (exact) mass is 792 g/mol. The van der Waals surface area contributed by atoms with Gasteiger partial charge in [0, 0.05) is 10.6 Å². The van der Waals surface area contributed by atoms with Crippen LogP contribution in [0.25, 0.3) is 11.8 Å². The number of hydrogen-bond donors (Lipinski definition) is 0. The maximum absolute atomic E-state index is 14.3. The Morgan fingerprint density at radius 2 is 1.77 bits per heavy atom. The standard InChI is InChI=1S/C37H30ClIN2O6S/c1-4-46-36(43)31-32(24-10-6-5-7-11-24)40-37-41(33(31)25-13-15-27(44-2)16-14-25)35(42)30(48-37)20-23-18-28(39)34(29(19-23)45-3)47-21-22-9-8-12-26(38)17-22/h5-20,33H,4,21H2,1-3H3/b30-20-/t33-/m0/s1. The van der Waals surface area contributed by atoms with Gasteiger partial charge in [-0.25, -0.2) is 9.79 Å². The van der Waals surface area contributed by atoms with Crippen molar-refractivity contribution in [3.63, 3.8) is 0 Å². The van der Waals surface area contributed by atoms with Crippen molar-refractivity contribution < 1.29 is 23.7 Å². The highest BCUT2D eigenvalue weighted by atomic mass is 127. The molecule has 4 aromatic carbocycles. The van der Waals surface area contributed by atoms with Crippen LogP contribution in [0.4, 0.5) is 0 Å². The number of aromatic nitrogens is 1. The minimum absolute atomic E-state index is 0.170. The van der Waals surface area contributed by atoms with Crippen LogP contribution in [-0.4, -0.2) is 31.4 Å². The van der Waals surface area contributed by atoms with E-state index in [4.69, 9.17) is 35.5 Å². The summed E-state index contributed by atoms with van der Waals surface area (Å²) < 4.78 is 25.6. The molecule has 1 aliphatic rings. The SMILES string of the molecule is CCOC(=O)C1=C(c2ccccc2)N=c2s/c(=C\c3cc(I)c(OCc4cccc(Cl)c4)c(OC)c3)c(=O)n2[C@H]1c1ccc(OC)cc1. The molecule has 1 aliphatic heterocycles. The van der Waals surface area contributed by atoms with Crippen molar-refractivity contribution in [3.05, 3.63) is 147 Å². The van der Waals surface area contributed by atoms with Gasteiger partial charge in [-0.1, -0.05) is 77.5 Å². The van der Waals surface area contributed by atoms with Gasteiger partial charge in [0.25, 0.3) is 5.56 Å². The highest BCUT2D eigenvalue weighted by molar-refractivity contribution is 14.1. The highest BCUT2D eigenvalue weighted by Gasteiger charge is 2.35. The number of nitrogens with zero attached hydrogens (tertiary/aromatic N) is 2. The molecule has 0 saturated heterocycles. The zero-order valence-electron chi connectivity index (χ0n) is 26.2. The first-order chi connectivity index (χ1) is 23.3. The lowest BCUT2D eigenvalue weighted by Crippen LogP contribution is -2.40. The third-order valence-electron chi connectivity index (χ3n) is 7.63. The Kier molecular flexibility index (Phi) is 10.3. The van der Waals surface area contributed by atoms with E-state index in [-0.39, 0.29) is 17.7 Å². The van der Waals surface area contributed by atoms with Gasteiger partial charge in [-0.3, -0.25) is 9.36 Å². The predicted octanol–water partition coefficient (Wildman–Crippen LogP) is 6.79. The first-order valence-electron chi connectivity index (χ1n) is 15.0. The first-order valence-corrected chi connectivity index (χ1v) is 17.3. The molecule has 0 N–H and O–H groups in total. The van der Waals surface area contributed by atoms with E-state index in [9.17, 15) is 9.59 Å². The summed E-state index contributed by atoms with van der Waals surface area (Å²) in [4.78, 5) is 33.4. The average molecular weight is 793 g/mol. The fourth-order valence-corrected chi connectivity index (χ4v) is 7.43. The number of carbonyl (C=O) groups excluding carboxylic acids is 1. The average Bonchev–Trinajstić information content (AvgIpc) is 3.41. The van der Waals surface area contributed by atoms with Crippen LogP contribution in [0.1, 0.15) is 35.2 Å². The fourth-order valence-electron chi connectivity index (χ4n) is 5.44. The Labute approximate surface area is 299 Å². The summed E-state index contributed by atoms with van der Waals surface area (Å²) in [6.07, 6.45) is 1.80. The molecule has 6 rings (SSSR count). The molecule has 0 radical (unpaired) electrons. The predicted molar refractivity (Wildman–Crippen MR) is 196 cm³/mol. The van der Waals surface area contributed by atoms with Gasteiger partial charge in [0.1, 0.15) is 12.4 Å². The summed E-state index contributed by atoms with van der Waals surface area (Å²) in [5.74, 6) is 1.22. The topological polar surface area (TPSA) is 88.4 Å². The smallest absolute Gasteiger partial charge is 0.338 e. The van der Waals surface area contributed by atoms with E-state index in [2.05, 4.69) is 22.6 Å². The molecule has 0 aliphatic carbocycles. The Hall–Kier alpha value is -4.39. The fraction of sp³-hybridized carbons (Fsp3) is 0.162. The lowest BCUT2D eigenvalue weighted by atomic mass is 9.93. The van der Waals surface area contributed by atoms with Crippen LogP contribution >= 0.6 is 45.5 Å². The van der Waals surface area contributed by atoms with Crippen molar-refractivity contribution in [2.24, 2.45) is 4.99 Å². The second-order valence-electron chi connectivity index (χ2n) is 10.7. The van der Waals surface area contributed by atoms with E-state index in [0.717, 1.165) is 20.3 Å². The Morgan fingerprint density at radius 1 is 1.00 bits per heavy atom. The van der Waals surface area contributed by atoms with E-state index >= 15 is 0 Å². The molecule has 5 aromatic rings. The molecule has 0 amide bonds. The Morgan fingerprint density at radius 3 is 2.46 bits per heavy atom. The molecule has 0 spiro atoms. The van der Waals surface area contributed by atoms with Crippen molar-refractivity contribution in [1.82, 2.24) is 4.57 Å². The summed E-state index contributed by atoms with van der Waals surface area (Å²) in [6, 6.07) is 27.2. The Balaban J connectivity index is 1.49. The summed E-state index contributed by atoms with van der Waals surface area (Å²) in [6.45, 7) is 2.23. The second kappa shape index (κ2) is 14.8. The Bertz CT molecular complexity index is 2200. The number of fused-ring (bicyclic) bond motifs is 1. The molecule has 0 bridgehead atoms. The van der Waals surface area contributed by atoms with Crippen molar-refractivity contribution >= 4 is 63.3 Å². The van der Waals surface area contributed by atoms with Gasteiger partial charge < -0.3 is 18.9 Å². The van der Waals surface area contributed by atoms with E-state index in [1.54, 1.807) is 43.9 Å². The molecule has 11 heteroatoms. The molecule has 0 unspecified atom stereocenters. The van der Waals surface area contributed by atoms with Gasteiger partial charge in [-0.05, 0) is 88.7 Å². The molecular formula is C37H30ClIN2O6S. The van der Waals surface area contributed by atoms with Crippen molar-refractivity contribution in [2.45, 2.75) is 19.6 Å². The molecule has 8 nitrogen and oxygen atoms in total. The van der Waals surface area contributed by atoms with E-state index in [1.165, 1.54) is 11.3 Å². The van der Waals surface area contributed by atoms with Crippen molar-refractivity contribution in [1.29, 1.82) is 0 Å². The molecule has 244 valence electrons. The maximum Gasteiger partial charge on any atom is 0.338 e. The number of halogens is 2. The van der Waals surface area contributed by atoms with E-state index in [0.29, 0.717) is 49.5 Å². The third kappa shape index (κ3) is 6.92. The number of carbonyl (C=O) groups is 1. The number of rotatable bonds is 10. The van der Waals surface area contributed by atoms with Crippen LogP contribution in [0.5, 0.6) is 17.2 Å². The molecule has 0 saturated carbocycles. The van der Waals surface area contributed by atoms with E-state index < -0.39 is 12.0 Å². The normalized spacial score (nSPS) is 14.3. The van der Waals surface area contributed by atoms with Crippen LogP contribution in [-0.2, 0) is 16.1 Å². The minimum atomic E-state index is -0.791. The van der Waals surface area contributed by atoms with Crippen LogP contribution in [0.3, 0.4) is 0 Å². The van der Waals surface area contributed by atoms with Crippen molar-refractivity contribution in [3.8, 4) is 17.2 Å². The minimum Gasteiger partial charge on any atom is -0.497 e. The quantitative estimate of drug-likeness (QED) is 0.114. The van der Waals surface area contributed by atoms with Crippen molar-refractivity contribution in [2.75, 3.05) is 20.8 Å². The number of esters is 1. The lowest BCUT2D eigenvalue weighted by Gasteiger charge is -2.26. The molecule has 1 atom stereocenters. The van der Waals surface area contributed by atoms with E-state index in [1.807, 2.05) is 78.9 Å². The highest BCUT2D eigenvalue weighted by Crippen LogP contribution is 2.37. The molecular weight excluding hydrogens is 763 g/mol. The summed E-state index contributed by atoms with van der Waals surface area (Å²) in [5, 5.41) is 0.633. The number of methoxy groups -OCH3 is 2. The summed E-state index contributed by atoms with van der Waals surface area (Å²) in [5.41, 5.74) is 3.57. The van der Waals surface area contributed by atoms with Gasteiger partial charge in [-0.2, -0.15) is 0 Å². The summed E-state index contributed by atoms with van der Waals surface area (Å²) in [7, 11) is 3.16. The number of ether oxygens (including phenoxy) is 4. The van der Waals surface area contributed by atoms with Gasteiger partial charge >= 0.3 is 5.97 Å². The van der Waals surface area contributed by atoms with Gasteiger partial charge in [0.05, 0.1) is 46.2 Å². The van der Waals surface area contributed by atoms with Crippen LogP contribution in [0.15, 0.2) is 106 Å². The molecule has 0 fully saturated rings. The molecule has 2 heterocycles.